The maximum absolute atomic E-state index is 13.0. The predicted octanol–water partition coefficient (Wildman–Crippen LogP) is 2.86. The Bertz CT molecular complexity index is 774. The van der Waals surface area contributed by atoms with Gasteiger partial charge in [0.15, 0.2) is 5.78 Å². The molecule has 172 valence electrons. The lowest BCUT2D eigenvalue weighted by atomic mass is 9.44. The van der Waals surface area contributed by atoms with E-state index in [0.717, 1.165) is 57.8 Å². The molecule has 0 unspecified atom stereocenters. The van der Waals surface area contributed by atoms with Gasteiger partial charge in [0.25, 0.3) is 0 Å². The van der Waals surface area contributed by atoms with Crippen molar-refractivity contribution in [1.29, 1.82) is 0 Å². The van der Waals surface area contributed by atoms with Crippen LogP contribution in [0.1, 0.15) is 84.5 Å². The number of carboxylic acid groups (broad SMARTS) is 1. The minimum Gasteiger partial charge on any atom is -0.550 e. The Hall–Kier alpha value is -1.72. The van der Waals surface area contributed by atoms with E-state index in [-0.39, 0.29) is 42.0 Å². The standard InChI is InChI=1S/C25H36O6/c1-24-11-9-16(26)13-15(24)3-4-17-18-5-6-20(25(18,2)12-10-19(17)24)21(27)14-31-23(30)8-7-22(28)29/h15,17-20H,3-14H2,1-2H3,(H,28,29)/p-1/t15-,17-,18-,19-,20+,24-,25-/m0/s1. The Morgan fingerprint density at radius 1 is 0.968 bits per heavy atom. The monoisotopic (exact) mass is 431 g/mol. The van der Waals surface area contributed by atoms with Crippen LogP contribution in [0.5, 0.6) is 0 Å². The van der Waals surface area contributed by atoms with E-state index >= 15 is 0 Å². The minimum absolute atomic E-state index is 0.0200. The second-order valence-electron chi connectivity index (χ2n) is 11.1. The van der Waals surface area contributed by atoms with Crippen molar-refractivity contribution in [2.75, 3.05) is 6.61 Å². The van der Waals surface area contributed by atoms with Crippen LogP contribution in [0.25, 0.3) is 0 Å². The molecule has 4 aliphatic carbocycles. The van der Waals surface area contributed by atoms with Crippen molar-refractivity contribution in [2.45, 2.75) is 84.5 Å². The number of aliphatic carboxylic acids is 1. The van der Waals surface area contributed by atoms with Gasteiger partial charge in [0, 0.05) is 24.7 Å². The van der Waals surface area contributed by atoms with E-state index in [2.05, 4.69) is 13.8 Å². The van der Waals surface area contributed by atoms with Crippen LogP contribution in [-0.4, -0.2) is 30.1 Å². The van der Waals surface area contributed by atoms with E-state index in [1.54, 1.807) is 0 Å². The Kier molecular flexibility index (Phi) is 6.04. The van der Waals surface area contributed by atoms with Crippen molar-refractivity contribution in [3.63, 3.8) is 0 Å². The molecular weight excluding hydrogens is 396 g/mol. The summed E-state index contributed by atoms with van der Waals surface area (Å²) in [7, 11) is 0. The lowest BCUT2D eigenvalue weighted by Gasteiger charge is -2.60. The Morgan fingerprint density at radius 3 is 2.45 bits per heavy atom. The van der Waals surface area contributed by atoms with Gasteiger partial charge >= 0.3 is 5.97 Å². The Balaban J connectivity index is 1.41. The number of rotatable bonds is 6. The smallest absolute Gasteiger partial charge is 0.306 e. The van der Waals surface area contributed by atoms with Crippen molar-refractivity contribution in [3.8, 4) is 0 Å². The van der Waals surface area contributed by atoms with E-state index in [0.29, 0.717) is 29.5 Å². The fourth-order valence-corrected chi connectivity index (χ4v) is 8.10. The van der Waals surface area contributed by atoms with Gasteiger partial charge < -0.3 is 14.6 Å². The van der Waals surface area contributed by atoms with Gasteiger partial charge in [-0.2, -0.15) is 0 Å². The highest BCUT2D eigenvalue weighted by molar-refractivity contribution is 5.86. The SMILES string of the molecule is C[C@]12CCC(=O)C[C@@H]1CC[C@@H]1[C@@H]2CC[C@]2(C)[C@@H](C(=O)COC(=O)CCC(=O)[O-])CC[C@@H]12. The summed E-state index contributed by atoms with van der Waals surface area (Å²) in [4.78, 5) is 47.3. The van der Waals surface area contributed by atoms with Gasteiger partial charge in [-0.15, -0.1) is 0 Å². The lowest BCUT2D eigenvalue weighted by molar-refractivity contribution is -0.305. The largest absolute Gasteiger partial charge is 0.550 e. The molecule has 0 bridgehead atoms. The number of fused-ring (bicyclic) bond motifs is 5. The van der Waals surface area contributed by atoms with Crippen LogP contribution in [-0.2, 0) is 23.9 Å². The van der Waals surface area contributed by atoms with Gasteiger partial charge in [-0.1, -0.05) is 13.8 Å². The molecule has 4 rings (SSSR count). The number of esters is 1. The fraction of sp³-hybridized carbons (Fsp3) is 0.840. The molecule has 4 fully saturated rings. The third-order valence-electron chi connectivity index (χ3n) is 9.78. The van der Waals surface area contributed by atoms with E-state index in [1.165, 1.54) is 0 Å². The van der Waals surface area contributed by atoms with E-state index < -0.39 is 11.9 Å². The van der Waals surface area contributed by atoms with Gasteiger partial charge in [-0.3, -0.25) is 14.4 Å². The van der Waals surface area contributed by atoms with Crippen LogP contribution < -0.4 is 5.11 Å². The third-order valence-corrected chi connectivity index (χ3v) is 9.78. The van der Waals surface area contributed by atoms with Crippen molar-refractivity contribution in [1.82, 2.24) is 0 Å². The molecule has 0 saturated heterocycles. The van der Waals surface area contributed by atoms with Crippen LogP contribution in [0.3, 0.4) is 0 Å². The zero-order valence-corrected chi connectivity index (χ0v) is 18.8. The quantitative estimate of drug-likeness (QED) is 0.600. The van der Waals surface area contributed by atoms with Crippen LogP contribution >= 0.6 is 0 Å². The van der Waals surface area contributed by atoms with Crippen LogP contribution in [0, 0.1) is 40.4 Å². The summed E-state index contributed by atoms with van der Waals surface area (Å²) in [5, 5.41) is 10.5. The van der Waals surface area contributed by atoms with Gasteiger partial charge in [-0.25, -0.2) is 0 Å². The molecule has 4 aliphatic rings. The summed E-state index contributed by atoms with van der Waals surface area (Å²) in [5.41, 5.74) is 0.206. The Morgan fingerprint density at radius 2 is 1.71 bits per heavy atom. The topological polar surface area (TPSA) is 101 Å². The van der Waals surface area contributed by atoms with Gasteiger partial charge in [-0.05, 0) is 85.9 Å². The van der Waals surface area contributed by atoms with Gasteiger partial charge in [0.2, 0.25) is 0 Å². The first kappa shape index (κ1) is 22.5. The number of carbonyl (C=O) groups is 4. The first-order valence-electron chi connectivity index (χ1n) is 12.0. The minimum atomic E-state index is -1.29. The number of carbonyl (C=O) groups excluding carboxylic acids is 4. The first-order chi connectivity index (χ1) is 14.6. The molecule has 0 radical (unpaired) electrons. The molecule has 6 nitrogen and oxygen atoms in total. The second-order valence-corrected chi connectivity index (χ2v) is 11.1. The molecule has 4 saturated carbocycles. The molecule has 0 aromatic rings. The van der Waals surface area contributed by atoms with E-state index in [4.69, 9.17) is 4.74 Å². The van der Waals surface area contributed by atoms with Gasteiger partial charge in [0.05, 0.1) is 6.42 Å². The number of ketones is 2. The summed E-state index contributed by atoms with van der Waals surface area (Å²) in [6.45, 7) is 4.43. The molecule has 0 heterocycles. The van der Waals surface area contributed by atoms with Crippen molar-refractivity contribution >= 4 is 23.5 Å². The highest BCUT2D eigenvalue weighted by Gasteiger charge is 2.61. The normalized spacial score (nSPS) is 41.6. The van der Waals surface area contributed by atoms with Gasteiger partial charge in [0.1, 0.15) is 12.4 Å². The molecule has 7 atom stereocenters. The van der Waals surface area contributed by atoms with Crippen LogP contribution in [0.15, 0.2) is 0 Å². The third kappa shape index (κ3) is 3.95. The second kappa shape index (κ2) is 8.32. The lowest BCUT2D eigenvalue weighted by Crippen LogP contribution is -2.54. The average Bonchev–Trinajstić information content (AvgIpc) is 3.08. The maximum Gasteiger partial charge on any atom is 0.306 e. The fourth-order valence-electron chi connectivity index (χ4n) is 8.10. The molecule has 31 heavy (non-hydrogen) atoms. The summed E-state index contributed by atoms with van der Waals surface area (Å²) in [5.74, 6) is 0.686. The summed E-state index contributed by atoms with van der Waals surface area (Å²) >= 11 is 0. The maximum atomic E-state index is 13.0. The predicted molar refractivity (Wildman–Crippen MR) is 110 cm³/mol. The zero-order chi connectivity index (χ0) is 22.4. The average molecular weight is 432 g/mol. The van der Waals surface area contributed by atoms with Crippen molar-refractivity contribution < 1.29 is 29.0 Å². The molecule has 0 N–H and O–H groups in total. The van der Waals surface area contributed by atoms with Crippen LogP contribution in [0.2, 0.25) is 0 Å². The number of hydrogen-bond acceptors (Lipinski definition) is 6. The number of ether oxygens (including phenoxy) is 1. The molecule has 0 spiro atoms. The summed E-state index contributed by atoms with van der Waals surface area (Å²) < 4.78 is 5.08. The Labute approximate surface area is 184 Å². The van der Waals surface area contributed by atoms with Crippen molar-refractivity contribution in [3.05, 3.63) is 0 Å². The van der Waals surface area contributed by atoms with E-state index in [1.807, 2.05) is 0 Å². The number of carboxylic acids is 1. The highest BCUT2D eigenvalue weighted by atomic mass is 16.5. The molecule has 0 amide bonds. The summed E-state index contributed by atoms with van der Waals surface area (Å²) in [6, 6.07) is 0. The molecule has 6 heteroatoms. The van der Waals surface area contributed by atoms with Crippen molar-refractivity contribution in [2.24, 2.45) is 40.4 Å². The highest BCUT2D eigenvalue weighted by Crippen LogP contribution is 2.67. The zero-order valence-electron chi connectivity index (χ0n) is 18.8. The van der Waals surface area contributed by atoms with Crippen LogP contribution in [0.4, 0.5) is 0 Å². The molecular formula is C25H35O6-. The molecule has 0 aromatic carbocycles. The number of Topliss-reactive ketones (excluding diaryl/α,β-unsaturated/α-hetero) is 2. The molecule has 0 aliphatic heterocycles. The number of hydrogen-bond donors (Lipinski definition) is 0. The summed E-state index contributed by atoms with van der Waals surface area (Å²) in [6.07, 6.45) is 8.18. The molecule has 0 aromatic heterocycles. The first-order valence-corrected chi connectivity index (χ1v) is 12.0. The van der Waals surface area contributed by atoms with E-state index in [9.17, 15) is 24.3 Å².